The van der Waals surface area contributed by atoms with Gasteiger partial charge in [0.25, 0.3) is 5.91 Å². The van der Waals surface area contributed by atoms with Crippen LogP contribution < -0.4 is 10.1 Å². The number of anilines is 1. The largest absolute Gasteiger partial charge is 0.495 e. The molecule has 0 bridgehead atoms. The second kappa shape index (κ2) is 8.58. The van der Waals surface area contributed by atoms with Crippen molar-refractivity contribution >= 4 is 22.5 Å². The summed E-state index contributed by atoms with van der Waals surface area (Å²) in [5, 5.41) is 13.4. The lowest BCUT2D eigenvalue weighted by Crippen LogP contribution is -2.12. The van der Waals surface area contributed by atoms with Crippen LogP contribution in [0.2, 0.25) is 0 Å². The van der Waals surface area contributed by atoms with E-state index < -0.39 is 0 Å². The number of carbonyl (C=O) groups excluding carboxylic acids is 1. The van der Waals surface area contributed by atoms with Crippen molar-refractivity contribution in [1.82, 2.24) is 24.5 Å². The Labute approximate surface area is 190 Å². The lowest BCUT2D eigenvalue weighted by atomic mass is 10.1. The second-order valence-electron chi connectivity index (χ2n) is 7.75. The van der Waals surface area contributed by atoms with Crippen molar-refractivity contribution < 1.29 is 9.53 Å². The smallest absolute Gasteiger partial charge is 0.257 e. The van der Waals surface area contributed by atoms with Gasteiger partial charge in [-0.25, -0.2) is 9.67 Å². The summed E-state index contributed by atoms with van der Waals surface area (Å²) in [6, 6.07) is 19.8. The third-order valence-electron chi connectivity index (χ3n) is 5.37. The van der Waals surface area contributed by atoms with E-state index in [2.05, 4.69) is 50.9 Å². The first-order valence-corrected chi connectivity index (χ1v) is 10.5. The van der Waals surface area contributed by atoms with Gasteiger partial charge in [-0.15, -0.1) is 5.10 Å². The molecular weight excluding hydrogens is 416 g/mol. The fraction of sp³-hybridized carbons (Fsp3) is 0.120. The van der Waals surface area contributed by atoms with Crippen LogP contribution >= 0.6 is 0 Å². The molecule has 5 aromatic rings. The number of nitrogens with zero attached hydrogens (tertiary/aromatic N) is 5. The van der Waals surface area contributed by atoms with Gasteiger partial charge in [-0.2, -0.15) is 0 Å². The highest BCUT2D eigenvalue weighted by Gasteiger charge is 2.14. The van der Waals surface area contributed by atoms with Crippen LogP contribution in [0.3, 0.4) is 0 Å². The molecule has 0 aliphatic rings. The predicted molar refractivity (Wildman–Crippen MR) is 126 cm³/mol. The molecule has 0 aliphatic carbocycles. The van der Waals surface area contributed by atoms with Crippen LogP contribution in [-0.2, 0) is 6.54 Å². The molecule has 0 saturated heterocycles. The number of hydrogen-bond donors (Lipinski definition) is 1. The van der Waals surface area contributed by atoms with Gasteiger partial charge in [0.1, 0.15) is 5.75 Å². The van der Waals surface area contributed by atoms with Gasteiger partial charge in [0.05, 0.1) is 37.6 Å². The van der Waals surface area contributed by atoms with Crippen LogP contribution in [0, 0.1) is 6.92 Å². The third kappa shape index (κ3) is 4.31. The molecule has 0 saturated carbocycles. The molecule has 0 radical (unpaired) electrons. The first kappa shape index (κ1) is 20.4. The number of hydrogen-bond acceptors (Lipinski definition) is 5. The van der Waals surface area contributed by atoms with Crippen LogP contribution in [0.5, 0.6) is 5.75 Å². The SMILES string of the molecule is COc1cc(C(=O)Nc2cn(Cc3ccc4ccccc4c3)nn2)ccc1-n1cnc(C)c1. The van der Waals surface area contributed by atoms with Gasteiger partial charge in [-0.3, -0.25) is 4.79 Å². The molecule has 8 nitrogen and oxygen atoms in total. The number of carbonyl (C=O) groups is 1. The van der Waals surface area contributed by atoms with Crippen molar-refractivity contribution in [2.75, 3.05) is 12.4 Å². The molecule has 8 heteroatoms. The Morgan fingerprint density at radius 3 is 2.67 bits per heavy atom. The maximum atomic E-state index is 12.8. The number of rotatable bonds is 6. The van der Waals surface area contributed by atoms with E-state index in [1.165, 1.54) is 10.8 Å². The minimum Gasteiger partial charge on any atom is -0.495 e. The molecule has 2 aromatic heterocycles. The van der Waals surface area contributed by atoms with E-state index in [1.54, 1.807) is 36.4 Å². The zero-order valence-corrected chi connectivity index (χ0v) is 18.3. The highest BCUT2D eigenvalue weighted by molar-refractivity contribution is 6.04. The second-order valence-corrected chi connectivity index (χ2v) is 7.75. The van der Waals surface area contributed by atoms with Crippen LogP contribution in [0.1, 0.15) is 21.6 Å². The summed E-state index contributed by atoms with van der Waals surface area (Å²) < 4.78 is 9.04. The number of imidazole rings is 1. The number of nitrogens with one attached hydrogen (secondary N) is 1. The number of amides is 1. The summed E-state index contributed by atoms with van der Waals surface area (Å²) in [6.45, 7) is 2.47. The highest BCUT2D eigenvalue weighted by Crippen LogP contribution is 2.25. The Balaban J connectivity index is 1.30. The first-order valence-electron chi connectivity index (χ1n) is 10.5. The lowest BCUT2D eigenvalue weighted by Gasteiger charge is -2.11. The molecule has 0 unspecified atom stereocenters. The van der Waals surface area contributed by atoms with E-state index in [0.717, 1.165) is 16.9 Å². The summed E-state index contributed by atoms with van der Waals surface area (Å²) in [5.74, 6) is 0.661. The molecule has 0 fully saturated rings. The van der Waals surface area contributed by atoms with E-state index in [9.17, 15) is 4.79 Å². The van der Waals surface area contributed by atoms with Gasteiger partial charge >= 0.3 is 0 Å². The molecule has 1 N–H and O–H groups in total. The Morgan fingerprint density at radius 2 is 1.88 bits per heavy atom. The number of ether oxygens (including phenoxy) is 1. The van der Waals surface area contributed by atoms with Crippen molar-refractivity contribution in [2.24, 2.45) is 0 Å². The highest BCUT2D eigenvalue weighted by atomic mass is 16.5. The fourth-order valence-electron chi connectivity index (χ4n) is 3.73. The van der Waals surface area contributed by atoms with Crippen LogP contribution in [0.15, 0.2) is 79.4 Å². The van der Waals surface area contributed by atoms with Crippen molar-refractivity contribution in [3.05, 3.63) is 96.2 Å². The first-order chi connectivity index (χ1) is 16.1. The summed E-state index contributed by atoms with van der Waals surface area (Å²) in [6.07, 6.45) is 5.32. The average Bonchev–Trinajstić information content (AvgIpc) is 3.47. The molecular formula is C25H22N6O2. The monoisotopic (exact) mass is 438 g/mol. The number of benzene rings is 3. The Bertz CT molecular complexity index is 1450. The van der Waals surface area contributed by atoms with Crippen LogP contribution in [-0.4, -0.2) is 37.6 Å². The van der Waals surface area contributed by atoms with Gasteiger partial charge in [0, 0.05) is 11.8 Å². The molecule has 2 heterocycles. The van der Waals surface area contributed by atoms with Crippen molar-refractivity contribution in [2.45, 2.75) is 13.5 Å². The zero-order chi connectivity index (χ0) is 22.8. The van der Waals surface area contributed by atoms with Gasteiger partial charge < -0.3 is 14.6 Å². The maximum absolute atomic E-state index is 12.8. The molecule has 0 spiro atoms. The number of methoxy groups -OCH3 is 1. The van der Waals surface area contributed by atoms with Gasteiger partial charge in [-0.05, 0) is 47.5 Å². The van der Waals surface area contributed by atoms with E-state index in [4.69, 9.17) is 4.74 Å². The summed E-state index contributed by atoms with van der Waals surface area (Å²) >= 11 is 0. The number of aryl methyl sites for hydroxylation is 1. The van der Waals surface area contributed by atoms with E-state index >= 15 is 0 Å². The maximum Gasteiger partial charge on any atom is 0.257 e. The average molecular weight is 438 g/mol. The van der Waals surface area contributed by atoms with Crippen LogP contribution in [0.25, 0.3) is 16.5 Å². The van der Waals surface area contributed by atoms with E-state index in [-0.39, 0.29) is 5.91 Å². The lowest BCUT2D eigenvalue weighted by molar-refractivity contribution is 0.102. The number of aromatic nitrogens is 5. The van der Waals surface area contributed by atoms with E-state index in [1.807, 2.05) is 35.9 Å². The van der Waals surface area contributed by atoms with Gasteiger partial charge in [0.2, 0.25) is 0 Å². The minimum absolute atomic E-state index is 0.292. The molecule has 0 aliphatic heterocycles. The Hall–Kier alpha value is -4.46. The Morgan fingerprint density at radius 1 is 1.03 bits per heavy atom. The van der Waals surface area contributed by atoms with Crippen LogP contribution in [0.4, 0.5) is 5.82 Å². The quantitative estimate of drug-likeness (QED) is 0.429. The van der Waals surface area contributed by atoms with Gasteiger partial charge in [0.15, 0.2) is 5.82 Å². The van der Waals surface area contributed by atoms with Gasteiger partial charge in [-0.1, -0.05) is 41.6 Å². The summed E-state index contributed by atoms with van der Waals surface area (Å²) in [5.41, 5.74) is 3.25. The predicted octanol–water partition coefficient (Wildman–Crippen LogP) is 4.23. The standard InChI is InChI=1S/C25H22N6O2/c1-17-13-30(16-26-17)22-10-9-21(12-23(22)33-2)25(32)27-24-15-31(29-28-24)14-18-7-8-19-5-3-4-6-20(19)11-18/h3-13,15-16H,14H2,1-2H3,(H,27,32). The van der Waals surface area contributed by atoms with Crippen molar-refractivity contribution in [1.29, 1.82) is 0 Å². The minimum atomic E-state index is -0.292. The molecule has 1 amide bonds. The number of fused-ring (bicyclic) bond motifs is 1. The summed E-state index contributed by atoms with van der Waals surface area (Å²) in [4.78, 5) is 17.0. The zero-order valence-electron chi connectivity index (χ0n) is 18.3. The molecule has 164 valence electrons. The fourth-order valence-corrected chi connectivity index (χ4v) is 3.73. The van der Waals surface area contributed by atoms with E-state index in [0.29, 0.717) is 23.7 Å². The molecule has 5 rings (SSSR count). The Kier molecular flexibility index (Phi) is 5.32. The normalized spacial score (nSPS) is 11.0. The van der Waals surface area contributed by atoms with Crippen molar-refractivity contribution in [3.63, 3.8) is 0 Å². The third-order valence-corrected chi connectivity index (χ3v) is 5.37. The molecule has 3 aromatic carbocycles. The summed E-state index contributed by atoms with van der Waals surface area (Å²) in [7, 11) is 1.57. The molecule has 0 atom stereocenters. The van der Waals surface area contributed by atoms with Crippen molar-refractivity contribution in [3.8, 4) is 11.4 Å². The molecule has 33 heavy (non-hydrogen) atoms. The topological polar surface area (TPSA) is 86.9 Å².